The first-order valence-electron chi connectivity index (χ1n) is 16.7. The predicted molar refractivity (Wildman–Crippen MR) is 176 cm³/mol. The average Bonchev–Trinajstić information content (AvgIpc) is 3.25. The molecule has 6 rings (SSSR count). The van der Waals surface area contributed by atoms with Crippen LogP contribution < -0.4 is 0 Å². The van der Waals surface area contributed by atoms with Crippen LogP contribution in [0.25, 0.3) is 11.1 Å². The number of nitrogens with zero attached hydrogens (tertiary/aromatic N) is 4. The van der Waals surface area contributed by atoms with Crippen LogP contribution in [0.2, 0.25) is 10.3 Å². The average molecular weight is 610 g/mol. The Morgan fingerprint density at radius 3 is 1.38 bits per heavy atom. The van der Waals surface area contributed by atoms with Gasteiger partial charge in [-0.1, -0.05) is 61.0 Å². The van der Waals surface area contributed by atoms with Crippen LogP contribution in [0.4, 0.5) is 0 Å². The van der Waals surface area contributed by atoms with Crippen molar-refractivity contribution in [3.8, 4) is 0 Å². The van der Waals surface area contributed by atoms with Crippen molar-refractivity contribution in [1.29, 1.82) is 0 Å². The lowest BCUT2D eigenvalue weighted by molar-refractivity contribution is -0.937. The smallest absolute Gasteiger partial charge is 0.129 e. The first-order chi connectivity index (χ1) is 20.4. The number of aromatic nitrogens is 2. The van der Waals surface area contributed by atoms with Crippen molar-refractivity contribution >= 4 is 34.3 Å². The molecule has 42 heavy (non-hydrogen) atoms. The molecule has 0 aliphatic carbocycles. The van der Waals surface area contributed by atoms with Gasteiger partial charge >= 0.3 is 0 Å². The maximum atomic E-state index is 6.07. The summed E-state index contributed by atoms with van der Waals surface area (Å²) in [7, 11) is 5.06. The molecule has 0 N–H and O–H groups in total. The highest BCUT2D eigenvalue weighted by molar-refractivity contribution is 6.29. The Balaban J connectivity index is 0.885. The second kappa shape index (κ2) is 13.1. The van der Waals surface area contributed by atoms with E-state index in [0.29, 0.717) is 22.4 Å². The van der Waals surface area contributed by atoms with Crippen LogP contribution in [0.15, 0.2) is 48.8 Å². The number of halogens is 2. The maximum absolute atomic E-state index is 6.07. The molecule has 6 atom stereocenters. The molecule has 226 valence electrons. The number of hydrogen-bond acceptors (Lipinski definition) is 2. The summed E-state index contributed by atoms with van der Waals surface area (Å²) < 4.78 is 2.47. The van der Waals surface area contributed by atoms with Crippen molar-refractivity contribution in [2.75, 3.05) is 27.2 Å². The van der Waals surface area contributed by atoms with E-state index < -0.39 is 0 Å². The van der Waals surface area contributed by atoms with Crippen LogP contribution in [0.5, 0.6) is 0 Å². The van der Waals surface area contributed by atoms with E-state index in [2.05, 4.69) is 48.3 Å². The lowest BCUT2D eigenvalue weighted by Crippen LogP contribution is -2.56. The van der Waals surface area contributed by atoms with Crippen molar-refractivity contribution in [3.05, 3.63) is 70.2 Å². The van der Waals surface area contributed by atoms with Gasteiger partial charge in [0.05, 0.1) is 39.3 Å². The van der Waals surface area contributed by atoms with Gasteiger partial charge in [-0.3, -0.25) is 0 Å². The molecule has 4 aliphatic rings. The van der Waals surface area contributed by atoms with Crippen molar-refractivity contribution in [3.63, 3.8) is 0 Å². The van der Waals surface area contributed by atoms with E-state index in [4.69, 9.17) is 23.2 Å². The van der Waals surface area contributed by atoms with Crippen molar-refractivity contribution < 1.29 is 8.97 Å². The maximum Gasteiger partial charge on any atom is 0.129 e. The van der Waals surface area contributed by atoms with Crippen molar-refractivity contribution in [2.45, 2.75) is 114 Å². The highest BCUT2D eigenvalue weighted by atomic mass is 35.5. The van der Waals surface area contributed by atoms with Crippen molar-refractivity contribution in [2.24, 2.45) is 0 Å². The fourth-order valence-electron chi connectivity index (χ4n) is 9.21. The number of unbranched alkanes of at least 4 members (excludes halogenated alkanes) is 7. The fourth-order valence-corrected chi connectivity index (χ4v) is 9.43. The van der Waals surface area contributed by atoms with Crippen LogP contribution in [0.3, 0.4) is 0 Å². The SMILES string of the molecule is C[N+]1(CCCCCCCCCC[N+]2(C)C3CC=C(c4ccc(Cl)nc4)C2CC3)C2CC=C(c3ccc(Cl)nc3)C1CC2. The second-order valence-corrected chi connectivity index (χ2v) is 14.8. The molecule has 0 radical (unpaired) electrons. The Bertz CT molecular complexity index is 1170. The number of rotatable bonds is 13. The van der Waals surface area contributed by atoms with E-state index in [1.165, 1.54) is 134 Å². The third kappa shape index (κ3) is 6.11. The zero-order valence-corrected chi connectivity index (χ0v) is 27.3. The number of likely N-dealkylation sites (N-methyl/N-ethyl adjacent to an activating group) is 2. The van der Waals surface area contributed by atoms with Gasteiger partial charge in [-0.25, -0.2) is 9.97 Å². The summed E-state index contributed by atoms with van der Waals surface area (Å²) in [5.74, 6) is 0. The lowest BCUT2D eigenvalue weighted by Gasteiger charge is -2.45. The summed E-state index contributed by atoms with van der Waals surface area (Å²) in [6, 6.07) is 11.1. The molecule has 2 fully saturated rings. The number of quaternary nitrogens is 2. The quantitative estimate of drug-likeness (QED) is 0.129. The van der Waals surface area contributed by atoms with Gasteiger partial charge in [-0.05, 0) is 49.9 Å². The minimum Gasteiger partial charge on any atom is -0.317 e. The second-order valence-electron chi connectivity index (χ2n) is 14.0. The third-order valence-corrected chi connectivity index (χ3v) is 12.2. The van der Waals surface area contributed by atoms with E-state index in [0.717, 1.165) is 12.1 Å². The van der Waals surface area contributed by atoms with Gasteiger partial charge in [0.2, 0.25) is 0 Å². The first kappa shape index (κ1) is 30.3. The minimum absolute atomic E-state index is 0.584. The molecule has 4 bridgehead atoms. The molecular formula is C36H50Cl2N4+2. The summed E-state index contributed by atoms with van der Waals surface area (Å²) in [5, 5.41) is 1.17. The molecule has 4 nitrogen and oxygen atoms in total. The Morgan fingerprint density at radius 2 is 1.00 bits per heavy atom. The number of fused-ring (bicyclic) bond motifs is 4. The molecule has 6 heterocycles. The van der Waals surface area contributed by atoms with Crippen LogP contribution in [0, 0.1) is 0 Å². The standard InChI is InChI=1S/C36H50Cl2N4/c1-41(29-13-17-31(33(41)19-15-29)27-11-21-35(37)39-25-27)23-9-7-5-3-4-6-8-10-24-42(2)30-14-18-32(34(42)20-16-30)28-12-22-36(38)40-26-28/h11-12,17-18,21-22,25-26,29-30,33-34H,3-10,13-16,19-20,23-24H2,1-2H3/q+2. The van der Waals surface area contributed by atoms with Crippen molar-refractivity contribution in [1.82, 2.24) is 9.97 Å². The Kier molecular flexibility index (Phi) is 9.46. The molecule has 0 aromatic carbocycles. The molecule has 0 saturated carbocycles. The highest BCUT2D eigenvalue weighted by Crippen LogP contribution is 2.46. The number of pyridine rings is 2. The molecule has 4 aliphatic heterocycles. The third-order valence-electron chi connectivity index (χ3n) is 11.7. The Hall–Kier alpha value is -1.72. The number of hydrogen-bond donors (Lipinski definition) is 0. The zero-order valence-electron chi connectivity index (χ0n) is 25.8. The molecule has 0 amide bonds. The molecule has 6 unspecified atom stereocenters. The molecular weight excluding hydrogens is 559 g/mol. The van der Waals surface area contributed by atoms with E-state index in [1.54, 1.807) is 0 Å². The summed E-state index contributed by atoms with van der Waals surface area (Å²) >= 11 is 12.1. The van der Waals surface area contributed by atoms with Gasteiger partial charge in [-0.2, -0.15) is 0 Å². The first-order valence-corrected chi connectivity index (χ1v) is 17.5. The van der Waals surface area contributed by atoms with Gasteiger partial charge in [0.15, 0.2) is 0 Å². The topological polar surface area (TPSA) is 25.8 Å². The van der Waals surface area contributed by atoms with Gasteiger partial charge in [0.1, 0.15) is 22.4 Å². The van der Waals surface area contributed by atoms with E-state index in [-0.39, 0.29) is 0 Å². The summed E-state index contributed by atoms with van der Waals surface area (Å²) in [5.41, 5.74) is 5.57. The summed E-state index contributed by atoms with van der Waals surface area (Å²) in [4.78, 5) is 8.74. The van der Waals surface area contributed by atoms with Crippen LogP contribution in [0.1, 0.15) is 101 Å². The van der Waals surface area contributed by atoms with Gasteiger partial charge < -0.3 is 8.97 Å². The monoisotopic (exact) mass is 608 g/mol. The largest absolute Gasteiger partial charge is 0.317 e. The summed E-state index contributed by atoms with van der Waals surface area (Å²) in [6.07, 6.45) is 27.7. The fraction of sp³-hybridized carbons (Fsp3) is 0.611. The van der Waals surface area contributed by atoms with Gasteiger partial charge in [-0.15, -0.1) is 0 Å². The van der Waals surface area contributed by atoms with Crippen LogP contribution in [-0.2, 0) is 0 Å². The van der Waals surface area contributed by atoms with Gasteiger partial charge in [0, 0.05) is 73.2 Å². The Labute approximate surface area is 264 Å². The zero-order chi connectivity index (χ0) is 29.2. The van der Waals surface area contributed by atoms with E-state index in [1.807, 2.05) is 24.5 Å². The van der Waals surface area contributed by atoms with Gasteiger partial charge in [0.25, 0.3) is 0 Å². The van der Waals surface area contributed by atoms with E-state index >= 15 is 0 Å². The molecule has 2 aromatic rings. The Morgan fingerprint density at radius 1 is 0.595 bits per heavy atom. The van der Waals surface area contributed by atoms with E-state index in [9.17, 15) is 0 Å². The van der Waals surface area contributed by atoms with Crippen LogP contribution in [-0.4, -0.2) is 70.3 Å². The summed E-state index contributed by atoms with van der Waals surface area (Å²) in [6.45, 7) is 2.63. The molecule has 2 saturated heterocycles. The highest BCUT2D eigenvalue weighted by Gasteiger charge is 2.50. The molecule has 2 aromatic heterocycles. The minimum atomic E-state index is 0.584. The normalized spacial score (nSPS) is 31.7. The molecule has 6 heteroatoms. The predicted octanol–water partition coefficient (Wildman–Crippen LogP) is 9.13. The molecule has 0 spiro atoms. The lowest BCUT2D eigenvalue weighted by atomic mass is 9.92. The van der Waals surface area contributed by atoms with Crippen LogP contribution >= 0.6 is 23.2 Å².